The van der Waals surface area contributed by atoms with Gasteiger partial charge in [-0.15, -0.1) is 0 Å². The van der Waals surface area contributed by atoms with Crippen molar-refractivity contribution in [2.45, 2.75) is 19.3 Å². The van der Waals surface area contributed by atoms with Crippen molar-refractivity contribution >= 4 is 32.9 Å². The summed E-state index contributed by atoms with van der Waals surface area (Å²) >= 11 is 0. The van der Waals surface area contributed by atoms with E-state index in [-0.39, 0.29) is 5.41 Å². The van der Waals surface area contributed by atoms with Crippen molar-refractivity contribution in [1.29, 1.82) is 0 Å². The molecule has 3 aromatic heterocycles. The Kier molecular flexibility index (Phi) is 6.79. The fraction of sp³-hybridized carbons (Fsp3) is 0.0612. The summed E-state index contributed by atoms with van der Waals surface area (Å²) in [6, 6.07) is 56.8. The monoisotopic (exact) mass is 707 g/mol. The van der Waals surface area contributed by atoms with Gasteiger partial charge in [-0.3, -0.25) is 0 Å². The first-order valence-electron chi connectivity index (χ1n) is 18.6. The molecule has 6 nitrogen and oxygen atoms in total. The van der Waals surface area contributed by atoms with Crippen molar-refractivity contribution in [1.82, 2.24) is 24.5 Å². The summed E-state index contributed by atoms with van der Waals surface area (Å²) in [7, 11) is 0. The van der Waals surface area contributed by atoms with Crippen LogP contribution in [-0.4, -0.2) is 24.5 Å². The van der Waals surface area contributed by atoms with Crippen LogP contribution in [0.4, 0.5) is 0 Å². The summed E-state index contributed by atoms with van der Waals surface area (Å²) in [5, 5.41) is 2.34. The minimum Gasteiger partial charge on any atom is -0.436 e. The molecule has 1 aliphatic carbocycles. The molecule has 0 spiro atoms. The van der Waals surface area contributed by atoms with E-state index >= 15 is 0 Å². The number of nitrogens with zero attached hydrogens (tertiary/aromatic N) is 5. The topological polar surface area (TPSA) is 69.6 Å². The normalized spacial score (nSPS) is 13.1. The molecule has 0 N–H and O–H groups in total. The van der Waals surface area contributed by atoms with Gasteiger partial charge in [0.1, 0.15) is 5.52 Å². The van der Waals surface area contributed by atoms with E-state index in [4.69, 9.17) is 24.4 Å². The average molecular weight is 708 g/mol. The molecule has 1 aliphatic rings. The highest BCUT2D eigenvalue weighted by atomic mass is 16.3. The summed E-state index contributed by atoms with van der Waals surface area (Å²) in [5.41, 5.74) is 13.7. The molecule has 7 aromatic carbocycles. The van der Waals surface area contributed by atoms with E-state index in [0.717, 1.165) is 55.5 Å². The Hall–Kier alpha value is -7.18. The molecule has 0 radical (unpaired) electrons. The number of fused-ring (bicyclic) bond motifs is 7. The number of oxazole rings is 1. The fourth-order valence-corrected chi connectivity index (χ4v) is 8.35. The van der Waals surface area contributed by atoms with Gasteiger partial charge in [0.2, 0.25) is 5.89 Å². The third-order valence-corrected chi connectivity index (χ3v) is 11.1. The molecule has 10 aromatic rings. The number of hydrogen-bond acceptors (Lipinski definition) is 5. The van der Waals surface area contributed by atoms with Crippen molar-refractivity contribution in [3.05, 3.63) is 175 Å². The third kappa shape index (κ3) is 4.95. The zero-order valence-corrected chi connectivity index (χ0v) is 30.2. The number of rotatable bonds is 5. The van der Waals surface area contributed by atoms with Crippen molar-refractivity contribution in [3.8, 4) is 62.4 Å². The van der Waals surface area contributed by atoms with Gasteiger partial charge in [0.25, 0.3) is 0 Å². The van der Waals surface area contributed by atoms with Crippen molar-refractivity contribution in [2.75, 3.05) is 0 Å². The van der Waals surface area contributed by atoms with Crippen LogP contribution in [0.3, 0.4) is 0 Å². The van der Waals surface area contributed by atoms with E-state index in [0.29, 0.717) is 23.4 Å². The highest BCUT2D eigenvalue weighted by molar-refractivity contribution is 6.10. The summed E-state index contributed by atoms with van der Waals surface area (Å²) in [4.78, 5) is 20.0. The van der Waals surface area contributed by atoms with Crippen LogP contribution in [0, 0.1) is 0 Å². The highest BCUT2D eigenvalue weighted by Gasteiger charge is 2.35. The van der Waals surface area contributed by atoms with Crippen LogP contribution in [0.15, 0.2) is 168 Å². The lowest BCUT2D eigenvalue weighted by Gasteiger charge is -2.21. The van der Waals surface area contributed by atoms with E-state index in [9.17, 15) is 0 Å². The maximum absolute atomic E-state index is 6.18. The standard InChI is InChI=1S/C49H33N5O/c1-49(2)39-16-8-6-14-35(39)38-28-32(23-27-40(38)49)47-52-45(30-12-4-3-5-13-30)51-46(53-47)31-20-24-34(25-21-31)54-42-18-10-7-15-36(42)37-26-22-33(29-43(37)54)48-50-41-17-9-11-19-44(41)55-48/h3-29H,1-2H3. The Labute approximate surface area is 317 Å². The Morgan fingerprint density at radius 2 is 1.07 bits per heavy atom. The molecule has 0 unspecified atom stereocenters. The Morgan fingerprint density at radius 3 is 1.89 bits per heavy atom. The SMILES string of the molecule is CC1(C)c2ccccc2-c2cc(-c3nc(-c4ccccc4)nc(-c4ccc(-n5c6ccccc6c6ccc(-c7nc8ccccc8o7)cc65)cc4)n3)ccc21. The molecule has 55 heavy (non-hydrogen) atoms. The molecular formula is C49H33N5O. The van der Waals surface area contributed by atoms with E-state index in [1.165, 1.54) is 27.6 Å². The first-order chi connectivity index (χ1) is 27.0. The number of para-hydroxylation sites is 3. The molecule has 6 heteroatoms. The zero-order chi connectivity index (χ0) is 36.7. The van der Waals surface area contributed by atoms with E-state index in [2.05, 4.69) is 128 Å². The minimum atomic E-state index is -0.0755. The average Bonchev–Trinajstić information content (AvgIpc) is 3.89. The van der Waals surface area contributed by atoms with Gasteiger partial charge in [-0.05, 0) is 82.9 Å². The summed E-state index contributed by atoms with van der Waals surface area (Å²) in [6.07, 6.45) is 0. The zero-order valence-electron chi connectivity index (χ0n) is 30.2. The molecule has 0 fully saturated rings. The predicted molar refractivity (Wildman–Crippen MR) is 221 cm³/mol. The van der Waals surface area contributed by atoms with Gasteiger partial charge in [-0.2, -0.15) is 0 Å². The quantitative estimate of drug-likeness (QED) is 0.178. The first-order valence-corrected chi connectivity index (χ1v) is 18.6. The molecule has 3 heterocycles. The summed E-state index contributed by atoms with van der Waals surface area (Å²) in [5.74, 6) is 2.51. The second kappa shape index (κ2) is 11.9. The smallest absolute Gasteiger partial charge is 0.227 e. The van der Waals surface area contributed by atoms with Gasteiger partial charge in [-0.25, -0.2) is 19.9 Å². The molecule has 0 bridgehead atoms. The summed E-state index contributed by atoms with van der Waals surface area (Å²) < 4.78 is 8.48. The number of hydrogen-bond donors (Lipinski definition) is 0. The first kappa shape index (κ1) is 31.4. The van der Waals surface area contributed by atoms with Crippen LogP contribution in [0.5, 0.6) is 0 Å². The largest absolute Gasteiger partial charge is 0.436 e. The molecule has 0 aliphatic heterocycles. The van der Waals surface area contributed by atoms with Crippen molar-refractivity contribution in [3.63, 3.8) is 0 Å². The van der Waals surface area contributed by atoms with Gasteiger partial charge in [-0.1, -0.05) is 117 Å². The maximum Gasteiger partial charge on any atom is 0.227 e. The predicted octanol–water partition coefficient (Wildman–Crippen LogP) is 12.1. The minimum absolute atomic E-state index is 0.0755. The molecule has 0 saturated heterocycles. The van der Waals surface area contributed by atoms with E-state index in [1.54, 1.807) is 0 Å². The third-order valence-electron chi connectivity index (χ3n) is 11.1. The van der Waals surface area contributed by atoms with Crippen molar-refractivity contribution in [2.24, 2.45) is 0 Å². The van der Waals surface area contributed by atoms with Crippen LogP contribution >= 0.6 is 0 Å². The van der Waals surface area contributed by atoms with Gasteiger partial charge < -0.3 is 8.98 Å². The molecule has 11 rings (SSSR count). The van der Waals surface area contributed by atoms with Crippen LogP contribution in [0.1, 0.15) is 25.0 Å². The second-order valence-electron chi connectivity index (χ2n) is 14.7. The lowest BCUT2D eigenvalue weighted by atomic mass is 9.82. The molecule has 260 valence electrons. The molecule has 0 amide bonds. The lowest BCUT2D eigenvalue weighted by Crippen LogP contribution is -2.14. The van der Waals surface area contributed by atoms with Gasteiger partial charge in [0.05, 0.1) is 11.0 Å². The van der Waals surface area contributed by atoms with Crippen LogP contribution in [-0.2, 0) is 5.41 Å². The number of benzene rings is 7. The van der Waals surface area contributed by atoms with Crippen LogP contribution in [0.2, 0.25) is 0 Å². The molecular weight excluding hydrogens is 675 g/mol. The van der Waals surface area contributed by atoms with Gasteiger partial charge in [0, 0.05) is 44.1 Å². The number of aromatic nitrogens is 5. The Morgan fingerprint density at radius 1 is 0.455 bits per heavy atom. The maximum atomic E-state index is 6.18. The Bertz CT molecular complexity index is 3090. The van der Waals surface area contributed by atoms with Gasteiger partial charge >= 0.3 is 0 Å². The van der Waals surface area contributed by atoms with Crippen LogP contribution in [0.25, 0.3) is 95.3 Å². The van der Waals surface area contributed by atoms with E-state index < -0.39 is 0 Å². The van der Waals surface area contributed by atoms with Crippen molar-refractivity contribution < 1.29 is 4.42 Å². The van der Waals surface area contributed by atoms with Gasteiger partial charge in [0.15, 0.2) is 23.1 Å². The molecule has 0 atom stereocenters. The van der Waals surface area contributed by atoms with E-state index in [1.807, 2.05) is 54.6 Å². The highest BCUT2D eigenvalue weighted by Crippen LogP contribution is 2.49. The molecule has 0 saturated carbocycles. The lowest BCUT2D eigenvalue weighted by molar-refractivity contribution is 0.620. The summed E-state index contributed by atoms with van der Waals surface area (Å²) in [6.45, 7) is 4.59. The second-order valence-corrected chi connectivity index (χ2v) is 14.7. The fourth-order valence-electron chi connectivity index (χ4n) is 8.35. The van der Waals surface area contributed by atoms with Crippen LogP contribution < -0.4 is 0 Å². The Balaban J connectivity index is 1.03.